The summed E-state index contributed by atoms with van der Waals surface area (Å²) >= 11 is 2.77. The van der Waals surface area contributed by atoms with Gasteiger partial charge in [0, 0.05) is 24.4 Å². The molecule has 2 aromatic heterocycles. The second kappa shape index (κ2) is 10.3. The van der Waals surface area contributed by atoms with Crippen LogP contribution in [0.15, 0.2) is 34.2 Å². The number of benzene rings is 1. The summed E-state index contributed by atoms with van der Waals surface area (Å²) in [5.74, 6) is -0.509. The number of esters is 1. The second-order valence-electron chi connectivity index (χ2n) is 8.49. The number of thiophene rings is 1. The minimum atomic E-state index is -0.659. The summed E-state index contributed by atoms with van der Waals surface area (Å²) in [7, 11) is 1.34. The molecule has 0 radical (unpaired) electrons. The van der Waals surface area contributed by atoms with Gasteiger partial charge in [0.05, 0.1) is 18.2 Å². The summed E-state index contributed by atoms with van der Waals surface area (Å²) < 4.78 is 6.69. The number of nitrogens with zero attached hydrogens (tertiary/aromatic N) is 3. The molecule has 0 N–H and O–H groups in total. The number of amides is 1. The maximum atomic E-state index is 13.3. The van der Waals surface area contributed by atoms with Crippen molar-refractivity contribution in [1.82, 2.24) is 14.5 Å². The number of thioether (sulfide) groups is 1. The van der Waals surface area contributed by atoms with Gasteiger partial charge < -0.3 is 9.64 Å². The van der Waals surface area contributed by atoms with Gasteiger partial charge in [0.2, 0.25) is 5.91 Å². The van der Waals surface area contributed by atoms with Crippen LogP contribution in [0.25, 0.3) is 10.2 Å². The number of carbonyl (C=O) groups is 2. The van der Waals surface area contributed by atoms with E-state index in [1.807, 2.05) is 38.1 Å². The highest BCUT2D eigenvalue weighted by molar-refractivity contribution is 7.99. The molecule has 1 aliphatic rings. The predicted molar refractivity (Wildman–Crippen MR) is 135 cm³/mol. The zero-order valence-corrected chi connectivity index (χ0v) is 21.6. The second-order valence-corrected chi connectivity index (χ2v) is 10.6. The standard InChI is InChI=1S/C25H29N3O4S2/c1-5-6-11-27-23(30)21-15(2)16(3)34-22(21)26-25(27)33-14-20(29)28-13-18-10-8-7-9-17(18)12-19(28)24(31)32-4/h7-10,19H,5-6,11-14H2,1-4H3/t19-/m0/s1. The maximum absolute atomic E-state index is 13.3. The van der Waals surface area contributed by atoms with Crippen molar-refractivity contribution >= 4 is 45.2 Å². The third-order valence-corrected chi connectivity index (χ3v) is 8.42. The Balaban J connectivity index is 1.62. The van der Waals surface area contributed by atoms with Crippen LogP contribution in [0.1, 0.15) is 41.3 Å². The van der Waals surface area contributed by atoms with Crippen LogP contribution in [0.5, 0.6) is 0 Å². The average molecular weight is 500 g/mol. The molecular weight excluding hydrogens is 470 g/mol. The van der Waals surface area contributed by atoms with Crippen LogP contribution < -0.4 is 5.56 Å². The monoisotopic (exact) mass is 499 g/mol. The first-order valence-corrected chi connectivity index (χ1v) is 13.2. The van der Waals surface area contributed by atoms with E-state index in [4.69, 9.17) is 9.72 Å². The number of hydrogen-bond donors (Lipinski definition) is 0. The molecule has 0 saturated carbocycles. The van der Waals surface area contributed by atoms with Crippen molar-refractivity contribution in [1.29, 1.82) is 0 Å². The summed E-state index contributed by atoms with van der Waals surface area (Å²) in [4.78, 5) is 47.3. The first-order chi connectivity index (χ1) is 16.3. The van der Waals surface area contributed by atoms with Gasteiger partial charge in [0.1, 0.15) is 10.9 Å². The fourth-order valence-corrected chi connectivity index (χ4v) is 6.25. The molecule has 0 bridgehead atoms. The molecule has 1 aromatic carbocycles. The summed E-state index contributed by atoms with van der Waals surface area (Å²) in [6.07, 6.45) is 2.23. The summed E-state index contributed by atoms with van der Waals surface area (Å²) in [5, 5.41) is 1.22. The van der Waals surface area contributed by atoms with Crippen molar-refractivity contribution in [3.63, 3.8) is 0 Å². The molecular formula is C25H29N3O4S2. The molecule has 1 amide bonds. The predicted octanol–water partition coefficient (Wildman–Crippen LogP) is 4.09. The quantitative estimate of drug-likeness (QED) is 0.277. The van der Waals surface area contributed by atoms with Gasteiger partial charge >= 0.3 is 5.97 Å². The zero-order chi connectivity index (χ0) is 24.4. The van der Waals surface area contributed by atoms with Gasteiger partial charge in [-0.3, -0.25) is 14.2 Å². The molecule has 180 valence electrons. The van der Waals surface area contributed by atoms with E-state index >= 15 is 0 Å². The molecule has 1 atom stereocenters. The molecule has 4 rings (SSSR count). The fourth-order valence-electron chi connectivity index (χ4n) is 4.27. The van der Waals surface area contributed by atoms with Crippen molar-refractivity contribution in [3.8, 4) is 0 Å². The van der Waals surface area contributed by atoms with Crippen LogP contribution in [0.4, 0.5) is 0 Å². The van der Waals surface area contributed by atoms with Crippen molar-refractivity contribution < 1.29 is 14.3 Å². The van der Waals surface area contributed by atoms with Gasteiger partial charge in [-0.25, -0.2) is 9.78 Å². The Morgan fingerprint density at radius 1 is 1.24 bits per heavy atom. The van der Waals surface area contributed by atoms with Crippen molar-refractivity contribution in [3.05, 3.63) is 56.2 Å². The molecule has 0 saturated heterocycles. The lowest BCUT2D eigenvalue weighted by molar-refractivity contribution is -0.153. The van der Waals surface area contributed by atoms with Crippen LogP contribution in [0, 0.1) is 13.8 Å². The molecule has 9 heteroatoms. The third kappa shape index (κ3) is 4.63. The van der Waals surface area contributed by atoms with E-state index in [2.05, 4.69) is 6.92 Å². The lowest BCUT2D eigenvalue weighted by Crippen LogP contribution is -2.49. The third-order valence-electron chi connectivity index (χ3n) is 6.36. The lowest BCUT2D eigenvalue weighted by atomic mass is 9.94. The van der Waals surface area contributed by atoms with E-state index in [0.717, 1.165) is 34.4 Å². The number of unbranched alkanes of at least 4 members (excludes halogenated alkanes) is 1. The van der Waals surface area contributed by atoms with E-state index in [0.29, 0.717) is 34.9 Å². The molecule has 1 aliphatic heterocycles. The van der Waals surface area contributed by atoms with E-state index in [1.54, 1.807) is 9.47 Å². The Morgan fingerprint density at radius 2 is 1.97 bits per heavy atom. The summed E-state index contributed by atoms with van der Waals surface area (Å²) in [6.45, 7) is 6.95. The van der Waals surface area contributed by atoms with Crippen LogP contribution >= 0.6 is 23.1 Å². The number of fused-ring (bicyclic) bond motifs is 2. The van der Waals surface area contributed by atoms with E-state index < -0.39 is 12.0 Å². The van der Waals surface area contributed by atoms with Gasteiger partial charge in [-0.2, -0.15) is 0 Å². The fraction of sp³-hybridized carbons (Fsp3) is 0.440. The van der Waals surface area contributed by atoms with Gasteiger partial charge in [0.15, 0.2) is 5.16 Å². The Labute approximate surface area is 207 Å². The number of aromatic nitrogens is 2. The van der Waals surface area contributed by atoms with E-state index in [-0.39, 0.29) is 17.2 Å². The van der Waals surface area contributed by atoms with Gasteiger partial charge in [0.25, 0.3) is 5.56 Å². The normalized spacial score (nSPS) is 15.4. The number of rotatable bonds is 7. The zero-order valence-electron chi connectivity index (χ0n) is 19.9. The van der Waals surface area contributed by atoms with Crippen LogP contribution in [-0.4, -0.2) is 45.2 Å². The van der Waals surface area contributed by atoms with Crippen LogP contribution in [-0.2, 0) is 33.8 Å². The smallest absolute Gasteiger partial charge is 0.328 e. The lowest BCUT2D eigenvalue weighted by Gasteiger charge is -2.35. The maximum Gasteiger partial charge on any atom is 0.328 e. The number of aryl methyl sites for hydroxylation is 2. The molecule has 7 nitrogen and oxygen atoms in total. The SMILES string of the molecule is CCCCn1c(SCC(=O)N2Cc3ccccc3C[C@H]2C(=O)OC)nc2sc(C)c(C)c2c1=O. The van der Waals surface area contributed by atoms with Crippen molar-refractivity contribution in [2.45, 2.75) is 64.3 Å². The first-order valence-electron chi connectivity index (χ1n) is 11.4. The minimum absolute atomic E-state index is 0.0467. The number of hydrogen-bond acceptors (Lipinski definition) is 7. The van der Waals surface area contributed by atoms with Crippen LogP contribution in [0.2, 0.25) is 0 Å². The van der Waals surface area contributed by atoms with E-state index in [9.17, 15) is 14.4 Å². The highest BCUT2D eigenvalue weighted by Crippen LogP contribution is 2.30. The molecule has 3 heterocycles. The largest absolute Gasteiger partial charge is 0.467 e. The highest BCUT2D eigenvalue weighted by Gasteiger charge is 2.35. The first kappa shape index (κ1) is 24.5. The van der Waals surface area contributed by atoms with Gasteiger partial charge in [-0.15, -0.1) is 11.3 Å². The van der Waals surface area contributed by atoms with Gasteiger partial charge in [-0.1, -0.05) is 49.4 Å². The number of methoxy groups -OCH3 is 1. The summed E-state index contributed by atoms with van der Waals surface area (Å²) in [6, 6.07) is 7.18. The minimum Gasteiger partial charge on any atom is -0.467 e. The van der Waals surface area contributed by atoms with Gasteiger partial charge in [-0.05, 0) is 37.0 Å². The average Bonchev–Trinajstić information content (AvgIpc) is 3.13. The van der Waals surface area contributed by atoms with Crippen LogP contribution in [0.3, 0.4) is 0 Å². The molecule has 34 heavy (non-hydrogen) atoms. The molecule has 3 aromatic rings. The Morgan fingerprint density at radius 3 is 2.68 bits per heavy atom. The van der Waals surface area contributed by atoms with Crippen molar-refractivity contribution in [2.75, 3.05) is 12.9 Å². The molecule has 0 fully saturated rings. The highest BCUT2D eigenvalue weighted by atomic mass is 32.2. The number of carbonyl (C=O) groups excluding carboxylic acids is 2. The molecule has 0 spiro atoms. The number of ether oxygens (including phenoxy) is 1. The molecule has 0 aliphatic carbocycles. The van der Waals surface area contributed by atoms with Crippen molar-refractivity contribution in [2.24, 2.45) is 0 Å². The Bertz CT molecular complexity index is 1300. The Hall–Kier alpha value is -2.65. The van der Waals surface area contributed by atoms with E-state index in [1.165, 1.54) is 30.2 Å². The Kier molecular flexibility index (Phi) is 7.42. The molecule has 0 unspecified atom stereocenters. The topological polar surface area (TPSA) is 81.5 Å². The summed E-state index contributed by atoms with van der Waals surface area (Å²) in [5.41, 5.74) is 3.02.